The summed E-state index contributed by atoms with van der Waals surface area (Å²) >= 11 is 1.47. The van der Waals surface area contributed by atoms with Crippen LogP contribution in [0.15, 0.2) is 29.8 Å². The highest BCUT2D eigenvalue weighted by molar-refractivity contribution is 7.15. The van der Waals surface area contributed by atoms with Crippen molar-refractivity contribution >= 4 is 16.2 Å². The lowest BCUT2D eigenvalue weighted by Gasteiger charge is -2.04. The molecule has 2 heterocycles. The minimum atomic E-state index is -0.583. The Morgan fingerprint density at radius 2 is 2.16 bits per heavy atom. The number of nitrogens with two attached hydrogens (primary N) is 1. The van der Waals surface area contributed by atoms with Crippen molar-refractivity contribution < 1.29 is 8.78 Å². The highest BCUT2D eigenvalue weighted by Crippen LogP contribution is 2.29. The van der Waals surface area contributed by atoms with Crippen LogP contribution in [0.25, 0.3) is 16.1 Å². The van der Waals surface area contributed by atoms with Gasteiger partial charge in [-0.25, -0.2) is 13.8 Å². The van der Waals surface area contributed by atoms with Gasteiger partial charge in [-0.05, 0) is 18.7 Å². The summed E-state index contributed by atoms with van der Waals surface area (Å²) in [7, 11) is 0. The van der Waals surface area contributed by atoms with Crippen molar-refractivity contribution in [2.75, 3.05) is 6.54 Å². The summed E-state index contributed by atoms with van der Waals surface area (Å²) in [6, 6.07) is 3.58. The lowest BCUT2D eigenvalue weighted by Crippen LogP contribution is -2.06. The molecule has 0 saturated heterocycles. The van der Waals surface area contributed by atoms with Gasteiger partial charge in [0.25, 0.3) is 0 Å². The van der Waals surface area contributed by atoms with Crippen molar-refractivity contribution in [3.63, 3.8) is 0 Å². The Hall–Kier alpha value is -1.79. The van der Waals surface area contributed by atoms with E-state index in [2.05, 4.69) is 4.98 Å². The second-order valence-corrected chi connectivity index (χ2v) is 5.02. The second-order valence-electron chi connectivity index (χ2n) is 4.13. The van der Waals surface area contributed by atoms with Crippen LogP contribution in [0.2, 0.25) is 0 Å². The zero-order valence-corrected chi connectivity index (χ0v) is 10.8. The van der Waals surface area contributed by atoms with Gasteiger partial charge in [-0.2, -0.15) is 0 Å². The van der Waals surface area contributed by atoms with Gasteiger partial charge in [0, 0.05) is 23.4 Å². The molecule has 0 aliphatic heterocycles. The number of benzene rings is 1. The number of nitrogens with zero attached hydrogens (tertiary/aromatic N) is 2. The van der Waals surface area contributed by atoms with E-state index in [9.17, 15) is 8.78 Å². The number of hydrogen-bond donors (Lipinski definition) is 1. The standard InChI is InChI=1S/C13H11F2N3S/c14-8-1-2-9(10(15)5-8)11-7-19-13-6-17-12(3-4-16)18(11)13/h1-2,5-7H,3-4,16H2. The molecule has 6 heteroatoms. The SMILES string of the molecule is NCCc1ncc2scc(-c3ccc(F)cc3F)n12. The molecule has 2 aromatic heterocycles. The Bertz CT molecular complexity index is 733. The van der Waals surface area contributed by atoms with Crippen LogP contribution in [0.1, 0.15) is 5.82 Å². The largest absolute Gasteiger partial charge is 0.330 e. The first kappa shape index (κ1) is 12.3. The van der Waals surface area contributed by atoms with Crippen LogP contribution in [0.5, 0.6) is 0 Å². The van der Waals surface area contributed by atoms with Crippen LogP contribution in [0, 0.1) is 11.6 Å². The Kier molecular flexibility index (Phi) is 3.04. The van der Waals surface area contributed by atoms with Crippen molar-refractivity contribution in [2.24, 2.45) is 5.73 Å². The van der Waals surface area contributed by atoms with Crippen molar-refractivity contribution in [1.82, 2.24) is 9.38 Å². The summed E-state index contributed by atoms with van der Waals surface area (Å²) in [6.07, 6.45) is 2.35. The highest BCUT2D eigenvalue weighted by atomic mass is 32.1. The zero-order chi connectivity index (χ0) is 13.4. The summed E-state index contributed by atoms with van der Waals surface area (Å²) in [6.45, 7) is 0.473. The zero-order valence-electron chi connectivity index (χ0n) is 9.94. The molecule has 3 rings (SSSR count). The summed E-state index contributed by atoms with van der Waals surface area (Å²) < 4.78 is 28.7. The second kappa shape index (κ2) is 4.71. The van der Waals surface area contributed by atoms with Gasteiger partial charge in [-0.3, -0.25) is 4.40 Å². The first-order valence-corrected chi connectivity index (χ1v) is 6.68. The Labute approximate surface area is 112 Å². The van der Waals surface area contributed by atoms with Crippen LogP contribution in [0.3, 0.4) is 0 Å². The maximum atomic E-state index is 13.9. The smallest absolute Gasteiger partial charge is 0.135 e. The summed E-state index contributed by atoms with van der Waals surface area (Å²) in [5, 5.41) is 1.84. The lowest BCUT2D eigenvalue weighted by molar-refractivity contribution is 0.585. The van der Waals surface area contributed by atoms with Crippen molar-refractivity contribution in [3.05, 3.63) is 47.2 Å². The minimum Gasteiger partial charge on any atom is -0.330 e. The van der Waals surface area contributed by atoms with E-state index in [0.717, 1.165) is 16.7 Å². The molecule has 0 fully saturated rings. The van der Waals surface area contributed by atoms with Gasteiger partial charge < -0.3 is 5.73 Å². The predicted octanol–water partition coefficient (Wildman–Crippen LogP) is 2.84. The fourth-order valence-corrected chi connectivity index (χ4v) is 2.96. The molecule has 1 aromatic carbocycles. The number of rotatable bonds is 3. The normalized spacial score (nSPS) is 11.3. The molecule has 0 spiro atoms. The van der Waals surface area contributed by atoms with Crippen LogP contribution in [0.4, 0.5) is 8.78 Å². The fraction of sp³-hybridized carbons (Fsp3) is 0.154. The number of halogens is 2. The first-order chi connectivity index (χ1) is 9.20. The average Bonchev–Trinajstić information content (AvgIpc) is 2.93. The van der Waals surface area contributed by atoms with Gasteiger partial charge in [0.15, 0.2) is 0 Å². The summed E-state index contributed by atoms with van der Waals surface area (Å²) in [5.41, 5.74) is 6.59. The number of hydrogen-bond acceptors (Lipinski definition) is 3. The summed E-state index contributed by atoms with van der Waals surface area (Å²) in [4.78, 5) is 5.19. The number of aromatic nitrogens is 2. The van der Waals surface area contributed by atoms with Crippen LogP contribution in [-0.2, 0) is 6.42 Å². The molecule has 19 heavy (non-hydrogen) atoms. The van der Waals surface area contributed by atoms with E-state index in [-0.39, 0.29) is 0 Å². The van der Waals surface area contributed by atoms with Gasteiger partial charge >= 0.3 is 0 Å². The van der Waals surface area contributed by atoms with E-state index >= 15 is 0 Å². The fourth-order valence-electron chi connectivity index (χ4n) is 2.07. The third kappa shape index (κ3) is 2.02. The summed E-state index contributed by atoms with van der Waals surface area (Å²) in [5.74, 6) is -0.370. The van der Waals surface area contributed by atoms with Gasteiger partial charge in [0.2, 0.25) is 0 Å². The van der Waals surface area contributed by atoms with E-state index in [4.69, 9.17) is 5.73 Å². The van der Waals surface area contributed by atoms with Gasteiger partial charge in [-0.15, -0.1) is 11.3 Å². The molecule has 0 aliphatic carbocycles. The van der Waals surface area contributed by atoms with Crippen molar-refractivity contribution in [2.45, 2.75) is 6.42 Å². The van der Waals surface area contributed by atoms with Crippen molar-refractivity contribution in [1.29, 1.82) is 0 Å². The Morgan fingerprint density at radius 1 is 1.32 bits per heavy atom. The number of imidazole rings is 1. The molecule has 0 radical (unpaired) electrons. The molecule has 2 N–H and O–H groups in total. The van der Waals surface area contributed by atoms with Crippen LogP contribution in [-0.4, -0.2) is 15.9 Å². The van der Waals surface area contributed by atoms with E-state index in [1.807, 2.05) is 9.78 Å². The van der Waals surface area contributed by atoms with E-state index < -0.39 is 11.6 Å². The first-order valence-electron chi connectivity index (χ1n) is 5.80. The molecule has 0 amide bonds. The van der Waals surface area contributed by atoms with Crippen LogP contribution < -0.4 is 5.73 Å². The van der Waals surface area contributed by atoms with Gasteiger partial charge in [0.05, 0.1) is 11.9 Å². The molecular formula is C13H11F2N3S. The van der Waals surface area contributed by atoms with Gasteiger partial charge in [-0.1, -0.05) is 0 Å². The molecule has 98 valence electrons. The molecule has 0 aliphatic rings. The molecular weight excluding hydrogens is 268 g/mol. The predicted molar refractivity (Wildman–Crippen MR) is 71.2 cm³/mol. The third-order valence-electron chi connectivity index (χ3n) is 2.91. The molecule has 3 nitrogen and oxygen atoms in total. The van der Waals surface area contributed by atoms with Crippen molar-refractivity contribution in [3.8, 4) is 11.3 Å². The number of fused-ring (bicyclic) bond motifs is 1. The maximum absolute atomic E-state index is 13.9. The third-order valence-corrected chi connectivity index (χ3v) is 3.78. The molecule has 0 unspecified atom stereocenters. The average molecular weight is 279 g/mol. The minimum absolute atomic E-state index is 0.365. The van der Waals surface area contributed by atoms with Gasteiger partial charge in [0.1, 0.15) is 22.3 Å². The quantitative estimate of drug-likeness (QED) is 0.801. The molecule has 0 bridgehead atoms. The number of thiazole rings is 1. The van der Waals surface area contributed by atoms with Crippen LogP contribution >= 0.6 is 11.3 Å². The molecule has 0 saturated carbocycles. The maximum Gasteiger partial charge on any atom is 0.135 e. The molecule has 3 aromatic rings. The Morgan fingerprint density at radius 3 is 2.89 bits per heavy atom. The molecule has 0 atom stereocenters. The van der Waals surface area contributed by atoms with E-state index in [1.54, 1.807) is 6.20 Å². The highest BCUT2D eigenvalue weighted by Gasteiger charge is 2.14. The topological polar surface area (TPSA) is 43.3 Å². The lowest BCUT2D eigenvalue weighted by atomic mass is 10.1. The monoisotopic (exact) mass is 279 g/mol. The van der Waals surface area contributed by atoms with E-state index in [1.165, 1.54) is 23.5 Å². The Balaban J connectivity index is 2.21. The van der Waals surface area contributed by atoms with E-state index in [0.29, 0.717) is 24.2 Å².